The van der Waals surface area contributed by atoms with Gasteiger partial charge in [-0.1, -0.05) is 0 Å². The second-order valence-electron chi connectivity index (χ2n) is 4.09. The normalized spacial score (nSPS) is 11.1. The van der Waals surface area contributed by atoms with E-state index in [1.165, 1.54) is 4.88 Å². The highest BCUT2D eigenvalue weighted by atomic mass is 127. The molecule has 0 spiro atoms. The number of halogens is 1. The first-order chi connectivity index (χ1) is 9.26. The van der Waals surface area contributed by atoms with E-state index in [0.29, 0.717) is 0 Å². The Kier molecular flexibility index (Phi) is 12.1. The monoisotopic (exact) mass is 412 g/mol. The van der Waals surface area contributed by atoms with Gasteiger partial charge in [0.15, 0.2) is 5.96 Å². The Hall–Kier alpha value is -0.410. The lowest BCUT2D eigenvalue weighted by molar-refractivity contribution is 0.145. The smallest absolute Gasteiger partial charge is 0.190 e. The molecular formula is C13H25IN4OS. The molecule has 0 atom stereocenters. The third-order valence-corrected chi connectivity index (χ3v) is 3.46. The predicted molar refractivity (Wildman–Crippen MR) is 96.4 cm³/mol. The van der Waals surface area contributed by atoms with E-state index >= 15 is 0 Å². The molecule has 1 rings (SSSR count). The zero-order valence-electron chi connectivity index (χ0n) is 12.4. The first kappa shape index (κ1) is 19.6. The van der Waals surface area contributed by atoms with Crippen LogP contribution in [0.3, 0.4) is 0 Å². The van der Waals surface area contributed by atoms with Crippen LogP contribution in [0.1, 0.15) is 23.2 Å². The minimum Gasteiger partial charge on any atom is -0.382 e. The highest BCUT2D eigenvalue weighted by Crippen LogP contribution is 2.10. The van der Waals surface area contributed by atoms with Crippen LogP contribution in [0.2, 0.25) is 0 Å². The highest BCUT2D eigenvalue weighted by molar-refractivity contribution is 14.0. The Balaban J connectivity index is 0.00000361. The van der Waals surface area contributed by atoms with Crippen molar-refractivity contribution in [1.29, 1.82) is 0 Å². The Morgan fingerprint density at radius 2 is 2.15 bits per heavy atom. The van der Waals surface area contributed by atoms with Gasteiger partial charge in [-0.05, 0) is 20.3 Å². The number of aromatic nitrogens is 1. The Morgan fingerprint density at radius 3 is 2.75 bits per heavy atom. The number of rotatable bonds is 8. The maximum atomic E-state index is 5.28. The largest absolute Gasteiger partial charge is 0.382 e. The Morgan fingerprint density at radius 1 is 1.40 bits per heavy atom. The minimum absolute atomic E-state index is 0. The summed E-state index contributed by atoms with van der Waals surface area (Å²) < 4.78 is 5.28. The van der Waals surface area contributed by atoms with Crippen LogP contribution >= 0.6 is 35.3 Å². The second-order valence-corrected chi connectivity index (χ2v) is 5.41. The van der Waals surface area contributed by atoms with Crippen LogP contribution in [-0.4, -0.2) is 44.3 Å². The molecule has 0 saturated heterocycles. The number of ether oxygens (including phenoxy) is 1. The zero-order valence-corrected chi connectivity index (χ0v) is 15.6. The fourth-order valence-electron chi connectivity index (χ4n) is 1.55. The molecule has 116 valence electrons. The predicted octanol–water partition coefficient (Wildman–Crippen LogP) is 2.20. The van der Waals surface area contributed by atoms with Gasteiger partial charge in [-0.3, -0.25) is 4.99 Å². The molecule has 20 heavy (non-hydrogen) atoms. The Labute approximate surface area is 142 Å². The number of aliphatic imine (C=N–C) groups is 1. The van der Waals surface area contributed by atoms with Crippen molar-refractivity contribution in [1.82, 2.24) is 15.6 Å². The molecule has 0 radical (unpaired) electrons. The van der Waals surface area contributed by atoms with Crippen LogP contribution < -0.4 is 10.6 Å². The van der Waals surface area contributed by atoms with Crippen LogP contribution in [0.25, 0.3) is 0 Å². The van der Waals surface area contributed by atoms with Gasteiger partial charge < -0.3 is 15.4 Å². The van der Waals surface area contributed by atoms with Gasteiger partial charge in [0.05, 0.1) is 5.01 Å². The standard InChI is InChI=1S/C13H24N4OS.HI/c1-4-18-9-5-7-15-13(14-3)16-8-6-12-17-10-11(2)19-12;/h10H,4-9H2,1-3H3,(H2,14,15,16);1H. The van der Waals surface area contributed by atoms with Crippen LogP contribution in [0.5, 0.6) is 0 Å². The molecule has 0 aliphatic heterocycles. The fraction of sp³-hybridized carbons (Fsp3) is 0.692. The van der Waals surface area contributed by atoms with Gasteiger partial charge in [0, 0.05) is 50.8 Å². The number of guanidine groups is 1. The van der Waals surface area contributed by atoms with Crippen molar-refractivity contribution >= 4 is 41.3 Å². The van der Waals surface area contributed by atoms with Crippen LogP contribution in [0, 0.1) is 6.92 Å². The van der Waals surface area contributed by atoms with Gasteiger partial charge in [-0.15, -0.1) is 35.3 Å². The average Bonchev–Trinajstić information content (AvgIpc) is 2.82. The van der Waals surface area contributed by atoms with Gasteiger partial charge in [0.2, 0.25) is 0 Å². The minimum atomic E-state index is 0. The van der Waals surface area contributed by atoms with Crippen molar-refractivity contribution in [3.05, 3.63) is 16.1 Å². The molecule has 2 N–H and O–H groups in total. The first-order valence-corrected chi connectivity index (χ1v) is 7.51. The molecular weight excluding hydrogens is 387 g/mol. The molecule has 1 aromatic heterocycles. The molecule has 1 heterocycles. The van der Waals surface area contributed by atoms with Crippen LogP contribution in [0.4, 0.5) is 0 Å². The summed E-state index contributed by atoms with van der Waals surface area (Å²) in [6.45, 7) is 7.37. The second kappa shape index (κ2) is 12.3. The number of aryl methyl sites for hydroxylation is 1. The van der Waals surface area contributed by atoms with Gasteiger partial charge >= 0.3 is 0 Å². The van der Waals surface area contributed by atoms with Crippen molar-refractivity contribution in [2.75, 3.05) is 33.4 Å². The van der Waals surface area contributed by atoms with Crippen LogP contribution in [0.15, 0.2) is 11.2 Å². The lowest BCUT2D eigenvalue weighted by atomic mass is 10.4. The number of nitrogens with zero attached hydrogens (tertiary/aromatic N) is 2. The summed E-state index contributed by atoms with van der Waals surface area (Å²) in [6.07, 6.45) is 3.83. The molecule has 0 aromatic carbocycles. The SMILES string of the molecule is CCOCCCNC(=NC)NCCc1ncc(C)s1.I. The summed E-state index contributed by atoms with van der Waals surface area (Å²) in [5.41, 5.74) is 0. The highest BCUT2D eigenvalue weighted by Gasteiger charge is 2.00. The van der Waals surface area contributed by atoms with Gasteiger partial charge in [0.25, 0.3) is 0 Å². The third-order valence-electron chi connectivity index (χ3n) is 2.49. The zero-order chi connectivity index (χ0) is 13.9. The lowest BCUT2D eigenvalue weighted by Crippen LogP contribution is -2.39. The van der Waals surface area contributed by atoms with Gasteiger partial charge in [-0.25, -0.2) is 4.98 Å². The fourth-order valence-corrected chi connectivity index (χ4v) is 2.34. The molecule has 0 aliphatic carbocycles. The van der Waals surface area contributed by atoms with E-state index in [1.807, 2.05) is 13.1 Å². The summed E-state index contributed by atoms with van der Waals surface area (Å²) in [4.78, 5) is 9.77. The molecule has 5 nitrogen and oxygen atoms in total. The maximum Gasteiger partial charge on any atom is 0.190 e. The topological polar surface area (TPSA) is 58.5 Å². The molecule has 0 unspecified atom stereocenters. The van der Waals surface area contributed by atoms with E-state index in [-0.39, 0.29) is 24.0 Å². The molecule has 0 bridgehead atoms. The first-order valence-electron chi connectivity index (χ1n) is 6.69. The maximum absolute atomic E-state index is 5.28. The van der Waals surface area contributed by atoms with Gasteiger partial charge in [-0.2, -0.15) is 0 Å². The summed E-state index contributed by atoms with van der Waals surface area (Å²) >= 11 is 1.75. The van der Waals surface area contributed by atoms with Crippen molar-refractivity contribution in [2.24, 2.45) is 4.99 Å². The molecule has 0 amide bonds. The molecule has 0 fully saturated rings. The van der Waals surface area contributed by atoms with Crippen LogP contribution in [-0.2, 0) is 11.2 Å². The van der Waals surface area contributed by atoms with E-state index < -0.39 is 0 Å². The van der Waals surface area contributed by atoms with Crippen molar-refractivity contribution in [2.45, 2.75) is 26.7 Å². The Bertz CT molecular complexity index is 384. The molecule has 0 aliphatic rings. The van der Waals surface area contributed by atoms with E-state index in [1.54, 1.807) is 18.4 Å². The lowest BCUT2D eigenvalue weighted by Gasteiger charge is -2.11. The summed E-state index contributed by atoms with van der Waals surface area (Å²) in [5.74, 6) is 0.838. The average molecular weight is 412 g/mol. The third kappa shape index (κ3) is 8.70. The number of hydrogen-bond donors (Lipinski definition) is 2. The van der Waals surface area contributed by atoms with E-state index in [9.17, 15) is 0 Å². The summed E-state index contributed by atoms with van der Waals surface area (Å²) in [6, 6.07) is 0. The van der Waals surface area contributed by atoms with E-state index in [0.717, 1.165) is 50.1 Å². The molecule has 0 saturated carbocycles. The summed E-state index contributed by atoms with van der Waals surface area (Å²) in [7, 11) is 1.78. The van der Waals surface area contributed by atoms with Gasteiger partial charge in [0.1, 0.15) is 0 Å². The summed E-state index contributed by atoms with van der Waals surface area (Å²) in [5, 5.41) is 7.71. The number of thiazole rings is 1. The quantitative estimate of drug-likeness (QED) is 0.298. The van der Waals surface area contributed by atoms with Crippen molar-refractivity contribution in [3.63, 3.8) is 0 Å². The van der Waals surface area contributed by atoms with Crippen molar-refractivity contribution < 1.29 is 4.74 Å². The number of nitrogens with one attached hydrogen (secondary N) is 2. The van der Waals surface area contributed by atoms with E-state index in [2.05, 4.69) is 27.5 Å². The molecule has 7 heteroatoms. The molecule has 1 aromatic rings. The number of hydrogen-bond acceptors (Lipinski definition) is 4. The van der Waals surface area contributed by atoms with Crippen molar-refractivity contribution in [3.8, 4) is 0 Å². The van der Waals surface area contributed by atoms with E-state index in [4.69, 9.17) is 4.74 Å².